The molecule has 5 heteroatoms. The maximum Gasteiger partial charge on any atom is 0.251 e. The highest BCUT2D eigenvalue weighted by molar-refractivity contribution is 5.95. The van der Waals surface area contributed by atoms with Gasteiger partial charge in [-0.2, -0.15) is 0 Å². The molecule has 0 aliphatic carbocycles. The first-order valence-corrected chi connectivity index (χ1v) is 7.32. The first kappa shape index (κ1) is 15.6. The Balaban J connectivity index is 2.12. The minimum atomic E-state index is -0.111. The van der Waals surface area contributed by atoms with Gasteiger partial charge in [-0.3, -0.25) is 4.79 Å². The fourth-order valence-electron chi connectivity index (χ4n) is 2.31. The van der Waals surface area contributed by atoms with Crippen LogP contribution in [0.25, 0.3) is 0 Å². The lowest BCUT2D eigenvalue weighted by atomic mass is 9.84. The maximum absolute atomic E-state index is 12.4. The Bertz CT molecular complexity index is 509. The predicted molar refractivity (Wildman–Crippen MR) is 81.8 cm³/mol. The SMILES string of the molecule is CC(C)(C)C(CCN)NC(=O)c1ccc2c(c1)OCCO2. The molecule has 116 valence electrons. The van der Waals surface area contributed by atoms with Crippen molar-refractivity contribution in [2.75, 3.05) is 19.8 Å². The number of hydrogen-bond donors (Lipinski definition) is 2. The van der Waals surface area contributed by atoms with Crippen LogP contribution < -0.4 is 20.5 Å². The van der Waals surface area contributed by atoms with Crippen LogP contribution in [0, 0.1) is 5.41 Å². The monoisotopic (exact) mass is 292 g/mol. The third-order valence-electron chi connectivity index (χ3n) is 3.61. The van der Waals surface area contributed by atoms with Crippen molar-refractivity contribution in [1.82, 2.24) is 5.32 Å². The lowest BCUT2D eigenvalue weighted by molar-refractivity contribution is 0.0897. The fourth-order valence-corrected chi connectivity index (χ4v) is 2.31. The zero-order valence-electron chi connectivity index (χ0n) is 12.9. The Labute approximate surface area is 125 Å². The van der Waals surface area contributed by atoms with E-state index in [1.54, 1.807) is 18.2 Å². The number of carbonyl (C=O) groups excluding carboxylic acids is 1. The van der Waals surface area contributed by atoms with Gasteiger partial charge in [0.15, 0.2) is 11.5 Å². The average molecular weight is 292 g/mol. The van der Waals surface area contributed by atoms with Crippen molar-refractivity contribution >= 4 is 5.91 Å². The molecule has 1 unspecified atom stereocenters. The Hall–Kier alpha value is -1.75. The van der Waals surface area contributed by atoms with Crippen molar-refractivity contribution < 1.29 is 14.3 Å². The quantitative estimate of drug-likeness (QED) is 0.889. The summed E-state index contributed by atoms with van der Waals surface area (Å²) in [5, 5.41) is 3.07. The molecular weight excluding hydrogens is 268 g/mol. The van der Waals surface area contributed by atoms with Crippen molar-refractivity contribution in [2.24, 2.45) is 11.1 Å². The van der Waals surface area contributed by atoms with E-state index in [9.17, 15) is 4.79 Å². The number of hydrogen-bond acceptors (Lipinski definition) is 4. The molecule has 1 aliphatic rings. The van der Waals surface area contributed by atoms with E-state index in [-0.39, 0.29) is 17.4 Å². The molecule has 21 heavy (non-hydrogen) atoms. The molecule has 0 spiro atoms. The molecule has 1 atom stereocenters. The highest BCUT2D eigenvalue weighted by Gasteiger charge is 2.26. The van der Waals surface area contributed by atoms with Crippen LogP contribution in [0.5, 0.6) is 11.5 Å². The van der Waals surface area contributed by atoms with Crippen molar-refractivity contribution in [3.05, 3.63) is 23.8 Å². The molecule has 0 saturated carbocycles. The van der Waals surface area contributed by atoms with Gasteiger partial charge in [0, 0.05) is 11.6 Å². The van der Waals surface area contributed by atoms with E-state index in [0.29, 0.717) is 36.8 Å². The first-order valence-electron chi connectivity index (χ1n) is 7.32. The van der Waals surface area contributed by atoms with E-state index in [1.165, 1.54) is 0 Å². The molecule has 1 aliphatic heterocycles. The summed E-state index contributed by atoms with van der Waals surface area (Å²) in [6, 6.07) is 5.29. The first-order chi connectivity index (χ1) is 9.91. The summed E-state index contributed by atoms with van der Waals surface area (Å²) < 4.78 is 11.0. The number of amides is 1. The van der Waals surface area contributed by atoms with E-state index in [4.69, 9.17) is 15.2 Å². The Kier molecular flexibility index (Phi) is 4.73. The predicted octanol–water partition coefficient (Wildman–Crippen LogP) is 1.95. The van der Waals surface area contributed by atoms with Crippen LogP contribution in [0.1, 0.15) is 37.6 Å². The Morgan fingerprint density at radius 3 is 2.57 bits per heavy atom. The highest BCUT2D eigenvalue weighted by Crippen LogP contribution is 2.31. The number of benzene rings is 1. The highest BCUT2D eigenvalue weighted by atomic mass is 16.6. The van der Waals surface area contributed by atoms with Crippen molar-refractivity contribution in [2.45, 2.75) is 33.2 Å². The van der Waals surface area contributed by atoms with Crippen molar-refractivity contribution in [3.8, 4) is 11.5 Å². The van der Waals surface area contributed by atoms with Gasteiger partial charge in [-0.05, 0) is 36.6 Å². The van der Waals surface area contributed by atoms with Gasteiger partial charge in [-0.1, -0.05) is 20.8 Å². The number of ether oxygens (including phenoxy) is 2. The van der Waals surface area contributed by atoms with Crippen LogP contribution in [0.3, 0.4) is 0 Å². The van der Waals surface area contributed by atoms with Crippen LogP contribution in [-0.2, 0) is 0 Å². The molecule has 0 fully saturated rings. The van der Waals surface area contributed by atoms with E-state index < -0.39 is 0 Å². The van der Waals surface area contributed by atoms with Gasteiger partial charge in [0.25, 0.3) is 5.91 Å². The minimum Gasteiger partial charge on any atom is -0.486 e. The Morgan fingerprint density at radius 1 is 1.29 bits per heavy atom. The van der Waals surface area contributed by atoms with Crippen LogP contribution in [0.4, 0.5) is 0 Å². The molecule has 1 aromatic rings. The summed E-state index contributed by atoms with van der Waals surface area (Å²) in [4.78, 5) is 12.4. The summed E-state index contributed by atoms with van der Waals surface area (Å²) in [5.41, 5.74) is 6.18. The third kappa shape index (κ3) is 3.88. The van der Waals surface area contributed by atoms with Gasteiger partial charge in [0.2, 0.25) is 0 Å². The molecule has 1 heterocycles. The normalized spacial score (nSPS) is 15.4. The maximum atomic E-state index is 12.4. The number of fused-ring (bicyclic) bond motifs is 1. The van der Waals surface area contributed by atoms with Crippen LogP contribution in [0.2, 0.25) is 0 Å². The van der Waals surface area contributed by atoms with E-state index in [2.05, 4.69) is 26.1 Å². The van der Waals surface area contributed by atoms with Gasteiger partial charge in [0.05, 0.1) is 0 Å². The molecule has 1 aromatic carbocycles. The summed E-state index contributed by atoms with van der Waals surface area (Å²) in [5.74, 6) is 1.20. The summed E-state index contributed by atoms with van der Waals surface area (Å²) >= 11 is 0. The van der Waals surface area contributed by atoms with Crippen molar-refractivity contribution in [3.63, 3.8) is 0 Å². The lowest BCUT2D eigenvalue weighted by Crippen LogP contribution is -2.44. The number of carbonyl (C=O) groups is 1. The number of rotatable bonds is 4. The molecule has 0 aromatic heterocycles. The van der Waals surface area contributed by atoms with Gasteiger partial charge in [-0.15, -0.1) is 0 Å². The van der Waals surface area contributed by atoms with Crippen LogP contribution in [-0.4, -0.2) is 31.7 Å². The van der Waals surface area contributed by atoms with Crippen molar-refractivity contribution in [1.29, 1.82) is 0 Å². The largest absolute Gasteiger partial charge is 0.486 e. The van der Waals surface area contributed by atoms with Gasteiger partial charge < -0.3 is 20.5 Å². The van der Waals surface area contributed by atoms with E-state index in [1.807, 2.05) is 0 Å². The molecule has 3 N–H and O–H groups in total. The summed E-state index contributed by atoms with van der Waals surface area (Å²) in [6.45, 7) is 7.88. The second-order valence-corrected chi connectivity index (χ2v) is 6.33. The van der Waals surface area contributed by atoms with E-state index in [0.717, 1.165) is 6.42 Å². The molecule has 5 nitrogen and oxygen atoms in total. The zero-order valence-corrected chi connectivity index (χ0v) is 12.9. The second-order valence-electron chi connectivity index (χ2n) is 6.33. The Morgan fingerprint density at radius 2 is 1.95 bits per heavy atom. The second kappa shape index (κ2) is 6.35. The molecule has 0 radical (unpaired) electrons. The zero-order chi connectivity index (χ0) is 15.5. The fraction of sp³-hybridized carbons (Fsp3) is 0.562. The van der Waals surface area contributed by atoms with Crippen LogP contribution >= 0.6 is 0 Å². The lowest BCUT2D eigenvalue weighted by Gasteiger charge is -2.31. The summed E-state index contributed by atoms with van der Waals surface area (Å²) in [7, 11) is 0. The molecule has 1 amide bonds. The number of nitrogens with one attached hydrogen (secondary N) is 1. The molecule has 0 saturated heterocycles. The molecular formula is C16H24N2O3. The molecule has 0 bridgehead atoms. The average Bonchev–Trinajstić information content (AvgIpc) is 2.45. The van der Waals surface area contributed by atoms with E-state index >= 15 is 0 Å². The topological polar surface area (TPSA) is 73.6 Å². The smallest absolute Gasteiger partial charge is 0.251 e. The third-order valence-corrected chi connectivity index (χ3v) is 3.61. The number of nitrogens with two attached hydrogens (primary N) is 1. The standard InChI is InChI=1S/C16H24N2O3/c1-16(2,3)14(6-7-17)18-15(19)11-4-5-12-13(10-11)21-9-8-20-12/h4-5,10,14H,6-9,17H2,1-3H3,(H,18,19). The summed E-state index contributed by atoms with van der Waals surface area (Å²) in [6.07, 6.45) is 0.750. The van der Waals surface area contributed by atoms with Gasteiger partial charge in [-0.25, -0.2) is 0 Å². The molecule has 2 rings (SSSR count). The van der Waals surface area contributed by atoms with Crippen LogP contribution in [0.15, 0.2) is 18.2 Å². The van der Waals surface area contributed by atoms with Gasteiger partial charge in [0.1, 0.15) is 13.2 Å². The van der Waals surface area contributed by atoms with Gasteiger partial charge >= 0.3 is 0 Å². The minimum absolute atomic E-state index is 0.0307.